The smallest absolute Gasteiger partial charge is 0.257 e. The van der Waals surface area contributed by atoms with E-state index in [9.17, 15) is 0 Å². The highest BCUT2D eigenvalue weighted by molar-refractivity contribution is 7.99. The van der Waals surface area contributed by atoms with Crippen molar-refractivity contribution in [3.05, 3.63) is 58.4 Å². The fourth-order valence-electron chi connectivity index (χ4n) is 2.85. The summed E-state index contributed by atoms with van der Waals surface area (Å²) < 4.78 is 5.82. The lowest BCUT2D eigenvalue weighted by Gasteiger charge is -2.13. The normalized spacial score (nSPS) is 12.2. The van der Waals surface area contributed by atoms with Crippen LogP contribution in [0.2, 0.25) is 5.02 Å². The molecule has 0 fully saturated rings. The van der Waals surface area contributed by atoms with E-state index in [0.29, 0.717) is 27.8 Å². The van der Waals surface area contributed by atoms with E-state index in [1.807, 2.05) is 55.6 Å². The highest BCUT2D eigenvalue weighted by Crippen LogP contribution is 2.37. The van der Waals surface area contributed by atoms with Gasteiger partial charge in [-0.15, -0.1) is 21.5 Å². The number of nitrogens with zero attached hydrogens (tertiary/aromatic N) is 4. The van der Waals surface area contributed by atoms with Gasteiger partial charge in [-0.1, -0.05) is 48.5 Å². The van der Waals surface area contributed by atoms with Crippen molar-refractivity contribution in [3.8, 4) is 21.9 Å². The minimum absolute atomic E-state index is 0.110. The molecule has 0 saturated carbocycles. The lowest BCUT2D eigenvalue weighted by molar-refractivity contribution is 0.510. The third kappa shape index (κ3) is 4.29. The molecule has 2 N–H and O–H groups in total. The molecule has 29 heavy (non-hydrogen) atoms. The highest BCUT2D eigenvalue weighted by atomic mass is 35.5. The van der Waals surface area contributed by atoms with Crippen LogP contribution < -0.4 is 5.73 Å². The number of hydrogen-bond donors (Lipinski definition) is 1. The Morgan fingerprint density at radius 2 is 1.97 bits per heavy atom. The van der Waals surface area contributed by atoms with Crippen molar-refractivity contribution in [3.63, 3.8) is 0 Å². The number of nitrogen functional groups attached to an aromatic ring is 1. The van der Waals surface area contributed by atoms with Gasteiger partial charge in [-0.3, -0.25) is 0 Å². The minimum Gasteiger partial charge on any atom is -0.419 e. The molecule has 0 aliphatic heterocycles. The molecule has 0 spiro atoms. The molecule has 0 radical (unpaired) electrons. The molecule has 0 amide bonds. The molecular formula is C20H18ClN5OS2. The molecule has 0 aliphatic rings. The monoisotopic (exact) mass is 443 g/mol. The molecular weight excluding hydrogens is 426 g/mol. The van der Waals surface area contributed by atoms with E-state index in [2.05, 4.69) is 15.2 Å². The molecule has 1 unspecified atom stereocenters. The molecule has 0 aliphatic carbocycles. The van der Waals surface area contributed by atoms with Crippen LogP contribution in [0, 0.1) is 0 Å². The van der Waals surface area contributed by atoms with Gasteiger partial charge in [0.15, 0.2) is 5.16 Å². The standard InChI is InChI=1S/C20H18ClN5OS2/c1-3-14-16(12-6-8-13(21)9-7-12)17(22)24-20(23-14)29-11(2)18-25-26-19(27-18)15-5-4-10-28-15/h4-11H,3H2,1-2H3,(H2,22,23,24). The summed E-state index contributed by atoms with van der Waals surface area (Å²) in [5.74, 6) is 1.49. The number of aryl methyl sites for hydroxylation is 1. The van der Waals surface area contributed by atoms with Crippen molar-refractivity contribution >= 4 is 40.5 Å². The first-order valence-electron chi connectivity index (χ1n) is 9.01. The minimum atomic E-state index is -0.110. The number of nitrogens with two attached hydrogens (primary N) is 1. The van der Waals surface area contributed by atoms with Crippen molar-refractivity contribution in [2.75, 3.05) is 5.73 Å². The van der Waals surface area contributed by atoms with E-state index in [-0.39, 0.29) is 5.25 Å². The molecule has 1 aromatic carbocycles. The summed E-state index contributed by atoms with van der Waals surface area (Å²) >= 11 is 9.00. The molecule has 0 bridgehead atoms. The lowest BCUT2D eigenvalue weighted by atomic mass is 10.0. The predicted molar refractivity (Wildman–Crippen MR) is 118 cm³/mol. The van der Waals surface area contributed by atoms with Gasteiger partial charge in [-0.2, -0.15) is 0 Å². The van der Waals surface area contributed by atoms with Crippen molar-refractivity contribution in [2.24, 2.45) is 0 Å². The van der Waals surface area contributed by atoms with E-state index >= 15 is 0 Å². The van der Waals surface area contributed by atoms with Crippen LogP contribution in [0.25, 0.3) is 21.9 Å². The first kappa shape index (κ1) is 19.9. The quantitative estimate of drug-likeness (QED) is 0.292. The Labute approximate surface area is 181 Å². The first-order chi connectivity index (χ1) is 14.0. The Morgan fingerprint density at radius 3 is 2.66 bits per heavy atom. The van der Waals surface area contributed by atoms with Crippen LogP contribution in [0.1, 0.15) is 30.7 Å². The second-order valence-corrected chi connectivity index (χ2v) is 8.95. The molecule has 0 saturated heterocycles. The molecule has 3 heterocycles. The average Bonchev–Trinajstić information content (AvgIpc) is 3.40. The molecule has 148 valence electrons. The number of hydrogen-bond acceptors (Lipinski definition) is 8. The number of anilines is 1. The van der Waals surface area contributed by atoms with Crippen LogP contribution in [0.3, 0.4) is 0 Å². The van der Waals surface area contributed by atoms with Crippen LogP contribution in [0.5, 0.6) is 0 Å². The molecule has 4 rings (SSSR count). The largest absolute Gasteiger partial charge is 0.419 e. The van der Waals surface area contributed by atoms with Crippen molar-refractivity contribution < 1.29 is 4.42 Å². The van der Waals surface area contributed by atoms with Crippen LogP contribution >= 0.6 is 34.7 Å². The molecule has 3 aromatic heterocycles. The second-order valence-electron chi connectivity index (χ2n) is 6.26. The van der Waals surface area contributed by atoms with Gasteiger partial charge in [0.05, 0.1) is 15.8 Å². The number of thiophene rings is 1. The average molecular weight is 444 g/mol. The van der Waals surface area contributed by atoms with Crippen molar-refractivity contribution in [1.82, 2.24) is 20.2 Å². The maximum atomic E-state index is 6.30. The first-order valence-corrected chi connectivity index (χ1v) is 11.1. The third-order valence-corrected chi connectivity index (χ3v) is 6.32. The molecule has 4 aromatic rings. The summed E-state index contributed by atoms with van der Waals surface area (Å²) in [5.41, 5.74) is 8.99. The SMILES string of the molecule is CCc1nc(SC(C)c2nnc(-c3cccs3)o2)nc(N)c1-c1ccc(Cl)cc1. The van der Waals surface area contributed by atoms with Crippen LogP contribution in [0.15, 0.2) is 51.4 Å². The van der Waals surface area contributed by atoms with E-state index < -0.39 is 0 Å². The summed E-state index contributed by atoms with van der Waals surface area (Å²) in [5, 5.41) is 11.4. The third-order valence-electron chi connectivity index (χ3n) is 4.26. The Hall–Kier alpha value is -2.42. The number of rotatable bonds is 6. The Balaban J connectivity index is 1.59. The highest BCUT2D eigenvalue weighted by Gasteiger charge is 2.20. The molecule has 9 heteroatoms. The van der Waals surface area contributed by atoms with Gasteiger partial charge in [0.1, 0.15) is 5.82 Å². The van der Waals surface area contributed by atoms with E-state index in [1.54, 1.807) is 11.3 Å². The lowest BCUT2D eigenvalue weighted by Crippen LogP contribution is -2.04. The summed E-state index contributed by atoms with van der Waals surface area (Å²) in [6, 6.07) is 11.4. The van der Waals surface area contributed by atoms with Gasteiger partial charge in [0.25, 0.3) is 5.89 Å². The maximum Gasteiger partial charge on any atom is 0.257 e. The fourth-order valence-corrected chi connectivity index (χ4v) is 4.45. The zero-order valence-corrected chi connectivity index (χ0v) is 18.2. The Kier molecular flexibility index (Phi) is 5.84. The van der Waals surface area contributed by atoms with Gasteiger partial charge in [-0.05, 0) is 42.5 Å². The van der Waals surface area contributed by atoms with Gasteiger partial charge >= 0.3 is 0 Å². The fraction of sp³-hybridized carbons (Fsp3) is 0.200. The van der Waals surface area contributed by atoms with Crippen molar-refractivity contribution in [2.45, 2.75) is 30.7 Å². The van der Waals surface area contributed by atoms with Crippen molar-refractivity contribution in [1.29, 1.82) is 0 Å². The number of halogens is 1. The Morgan fingerprint density at radius 1 is 1.17 bits per heavy atom. The maximum absolute atomic E-state index is 6.30. The Bertz CT molecular complexity index is 1110. The molecule has 1 atom stereocenters. The summed E-state index contributed by atoms with van der Waals surface area (Å²) in [6.45, 7) is 4.03. The van der Waals surface area contributed by atoms with E-state index in [1.165, 1.54) is 11.8 Å². The summed E-state index contributed by atoms with van der Waals surface area (Å²) in [6.07, 6.45) is 0.732. The van der Waals surface area contributed by atoms with Gasteiger partial charge < -0.3 is 10.2 Å². The van der Waals surface area contributed by atoms with E-state index in [4.69, 9.17) is 26.7 Å². The van der Waals surface area contributed by atoms with Crippen LogP contribution in [-0.2, 0) is 6.42 Å². The summed E-state index contributed by atoms with van der Waals surface area (Å²) in [4.78, 5) is 10.2. The van der Waals surface area contributed by atoms with Gasteiger partial charge in [-0.25, -0.2) is 9.97 Å². The van der Waals surface area contributed by atoms with E-state index in [0.717, 1.165) is 28.1 Å². The van der Waals surface area contributed by atoms with Gasteiger partial charge in [0, 0.05) is 10.6 Å². The zero-order chi connectivity index (χ0) is 20.4. The zero-order valence-electron chi connectivity index (χ0n) is 15.8. The van der Waals surface area contributed by atoms with Crippen LogP contribution in [-0.4, -0.2) is 20.2 Å². The number of thioether (sulfide) groups is 1. The number of benzene rings is 1. The topological polar surface area (TPSA) is 90.7 Å². The van der Waals surface area contributed by atoms with Gasteiger partial charge in [0.2, 0.25) is 5.89 Å². The van der Waals surface area contributed by atoms with Crippen LogP contribution in [0.4, 0.5) is 5.82 Å². The second kappa shape index (κ2) is 8.52. The summed E-state index contributed by atoms with van der Waals surface area (Å²) in [7, 11) is 0. The molecule has 6 nitrogen and oxygen atoms in total. The number of aromatic nitrogens is 4. The predicted octanol–water partition coefficient (Wildman–Crippen LogP) is 5.91.